The van der Waals surface area contributed by atoms with Gasteiger partial charge in [-0.3, -0.25) is 4.79 Å². The third-order valence-corrected chi connectivity index (χ3v) is 4.85. The molecular formula is C24H32O4. The van der Waals surface area contributed by atoms with Crippen LogP contribution in [0.5, 0.6) is 5.75 Å². The van der Waals surface area contributed by atoms with E-state index in [1.165, 1.54) is 19.3 Å². The van der Waals surface area contributed by atoms with Crippen molar-refractivity contribution in [3.63, 3.8) is 0 Å². The Morgan fingerprint density at radius 1 is 0.893 bits per heavy atom. The van der Waals surface area contributed by atoms with E-state index in [1.54, 1.807) is 42.5 Å². The predicted molar refractivity (Wildman–Crippen MR) is 112 cm³/mol. The summed E-state index contributed by atoms with van der Waals surface area (Å²) in [6, 6.07) is 15.9. The Morgan fingerprint density at radius 3 is 2.32 bits per heavy atom. The molecule has 2 aromatic rings. The fraction of sp³-hybridized carbons (Fsp3) is 0.458. The third kappa shape index (κ3) is 7.10. The third-order valence-electron chi connectivity index (χ3n) is 4.85. The second-order valence-corrected chi connectivity index (χ2v) is 7.17. The van der Waals surface area contributed by atoms with Crippen LogP contribution in [-0.4, -0.2) is 28.7 Å². The fourth-order valence-electron chi connectivity index (χ4n) is 3.18. The van der Waals surface area contributed by atoms with Crippen molar-refractivity contribution in [1.29, 1.82) is 0 Å². The van der Waals surface area contributed by atoms with Crippen LogP contribution >= 0.6 is 0 Å². The fourth-order valence-corrected chi connectivity index (χ4v) is 3.18. The van der Waals surface area contributed by atoms with Gasteiger partial charge >= 0.3 is 0 Å². The maximum Gasteiger partial charge on any atom is 0.199 e. The first-order chi connectivity index (χ1) is 13.6. The molecule has 0 spiro atoms. The number of carbonyl (C=O) groups excluding carboxylic acids is 1. The van der Waals surface area contributed by atoms with Crippen molar-refractivity contribution in [2.24, 2.45) is 0 Å². The zero-order valence-corrected chi connectivity index (χ0v) is 16.7. The highest BCUT2D eigenvalue weighted by Gasteiger charge is 2.22. The van der Waals surface area contributed by atoms with E-state index in [2.05, 4.69) is 6.92 Å². The number of rotatable bonds is 13. The Morgan fingerprint density at radius 2 is 1.57 bits per heavy atom. The lowest BCUT2D eigenvalue weighted by atomic mass is 9.99. The van der Waals surface area contributed by atoms with Gasteiger partial charge in [0.05, 0.1) is 18.3 Å². The van der Waals surface area contributed by atoms with E-state index < -0.39 is 6.10 Å². The average molecular weight is 385 g/mol. The molecule has 0 fully saturated rings. The molecule has 2 aromatic carbocycles. The predicted octanol–water partition coefficient (Wildman–Crippen LogP) is 5.09. The molecule has 2 atom stereocenters. The molecule has 0 aromatic heterocycles. The summed E-state index contributed by atoms with van der Waals surface area (Å²) in [6.45, 7) is 2.60. The van der Waals surface area contributed by atoms with Gasteiger partial charge in [0.1, 0.15) is 11.9 Å². The SMILES string of the molecule is CCCCCCC(O)CCCOc1ccccc1C(=O)C(O)c1ccccc1. The van der Waals surface area contributed by atoms with Gasteiger partial charge in [0.2, 0.25) is 0 Å². The summed E-state index contributed by atoms with van der Waals surface area (Å²) in [4.78, 5) is 12.7. The first-order valence-corrected chi connectivity index (χ1v) is 10.3. The molecule has 28 heavy (non-hydrogen) atoms. The number of hydrogen-bond acceptors (Lipinski definition) is 4. The van der Waals surface area contributed by atoms with Crippen LogP contribution in [0.3, 0.4) is 0 Å². The molecule has 0 saturated heterocycles. The van der Waals surface area contributed by atoms with Gasteiger partial charge < -0.3 is 14.9 Å². The minimum atomic E-state index is -1.21. The Labute approximate surface area is 168 Å². The van der Waals surface area contributed by atoms with E-state index in [1.807, 2.05) is 12.1 Å². The molecule has 0 aliphatic rings. The van der Waals surface area contributed by atoms with Crippen molar-refractivity contribution in [3.05, 3.63) is 65.7 Å². The summed E-state index contributed by atoms with van der Waals surface area (Å²) in [7, 11) is 0. The van der Waals surface area contributed by atoms with Crippen molar-refractivity contribution in [3.8, 4) is 5.75 Å². The van der Waals surface area contributed by atoms with Crippen LogP contribution < -0.4 is 4.74 Å². The van der Waals surface area contributed by atoms with Gasteiger partial charge in [0.15, 0.2) is 5.78 Å². The lowest BCUT2D eigenvalue weighted by Crippen LogP contribution is -2.14. The lowest BCUT2D eigenvalue weighted by Gasteiger charge is -2.15. The van der Waals surface area contributed by atoms with Gasteiger partial charge in [0.25, 0.3) is 0 Å². The zero-order chi connectivity index (χ0) is 20.2. The number of Topliss-reactive ketones (excluding diaryl/α,β-unsaturated/α-hetero) is 1. The maximum atomic E-state index is 12.7. The minimum Gasteiger partial charge on any atom is -0.493 e. The van der Waals surface area contributed by atoms with Crippen molar-refractivity contribution >= 4 is 5.78 Å². The van der Waals surface area contributed by atoms with Gasteiger partial charge in [-0.15, -0.1) is 0 Å². The highest BCUT2D eigenvalue weighted by molar-refractivity contribution is 6.02. The number of para-hydroxylation sites is 1. The Hall–Kier alpha value is -2.17. The van der Waals surface area contributed by atoms with Gasteiger partial charge in [-0.1, -0.05) is 75.1 Å². The maximum absolute atomic E-state index is 12.7. The second-order valence-electron chi connectivity index (χ2n) is 7.17. The van der Waals surface area contributed by atoms with E-state index in [4.69, 9.17) is 4.74 Å². The highest BCUT2D eigenvalue weighted by atomic mass is 16.5. The standard InChI is InChI=1S/C24H32O4/c1-2-3-4-8-14-20(25)15-11-18-28-22-17-10-9-16-21(22)24(27)23(26)19-12-6-5-7-13-19/h5-7,9-10,12-13,16-17,20,23,25-26H,2-4,8,11,14-15,18H2,1H3. The monoisotopic (exact) mass is 384 g/mol. The Balaban J connectivity index is 1.84. The number of hydrogen-bond donors (Lipinski definition) is 2. The lowest BCUT2D eigenvalue weighted by molar-refractivity contribution is 0.0742. The molecule has 2 N–H and O–H groups in total. The van der Waals surface area contributed by atoms with Crippen LogP contribution in [-0.2, 0) is 0 Å². The largest absolute Gasteiger partial charge is 0.493 e. The van der Waals surface area contributed by atoms with E-state index >= 15 is 0 Å². The molecule has 0 bridgehead atoms. The topological polar surface area (TPSA) is 66.8 Å². The van der Waals surface area contributed by atoms with E-state index in [0.29, 0.717) is 29.9 Å². The Kier molecular flexibility index (Phi) is 9.73. The first-order valence-electron chi connectivity index (χ1n) is 10.3. The van der Waals surface area contributed by atoms with Crippen LogP contribution in [0.15, 0.2) is 54.6 Å². The average Bonchev–Trinajstić information content (AvgIpc) is 2.74. The number of ketones is 1. The van der Waals surface area contributed by atoms with E-state index in [9.17, 15) is 15.0 Å². The number of unbranched alkanes of at least 4 members (excludes halogenated alkanes) is 3. The van der Waals surface area contributed by atoms with Crippen LogP contribution in [0, 0.1) is 0 Å². The Bertz CT molecular complexity index is 699. The molecule has 0 saturated carbocycles. The highest BCUT2D eigenvalue weighted by Crippen LogP contribution is 2.25. The van der Waals surface area contributed by atoms with Crippen molar-refractivity contribution in [1.82, 2.24) is 0 Å². The number of benzene rings is 2. The first kappa shape index (κ1) is 22.1. The van der Waals surface area contributed by atoms with Crippen molar-refractivity contribution < 1.29 is 19.7 Å². The van der Waals surface area contributed by atoms with E-state index in [0.717, 1.165) is 19.3 Å². The molecule has 0 aliphatic heterocycles. The molecule has 4 heteroatoms. The summed E-state index contributed by atoms with van der Waals surface area (Å²) in [5.74, 6) is 0.0951. The number of ether oxygens (including phenoxy) is 1. The zero-order valence-electron chi connectivity index (χ0n) is 16.7. The number of aliphatic hydroxyl groups is 2. The smallest absolute Gasteiger partial charge is 0.199 e. The number of carbonyl (C=O) groups is 1. The van der Waals surface area contributed by atoms with E-state index in [-0.39, 0.29) is 11.9 Å². The molecular weight excluding hydrogens is 352 g/mol. The summed E-state index contributed by atoms with van der Waals surface area (Å²) in [6.07, 6.45) is 5.38. The summed E-state index contributed by atoms with van der Waals surface area (Å²) >= 11 is 0. The van der Waals surface area contributed by atoms with Crippen molar-refractivity contribution in [2.45, 2.75) is 64.1 Å². The molecule has 0 radical (unpaired) electrons. The van der Waals surface area contributed by atoms with Gasteiger partial charge in [-0.05, 0) is 37.0 Å². The van der Waals surface area contributed by atoms with Gasteiger partial charge in [0, 0.05) is 0 Å². The molecule has 2 rings (SSSR count). The van der Waals surface area contributed by atoms with Crippen molar-refractivity contribution in [2.75, 3.05) is 6.61 Å². The van der Waals surface area contributed by atoms with Gasteiger partial charge in [-0.2, -0.15) is 0 Å². The molecule has 0 amide bonds. The normalized spacial score (nSPS) is 13.1. The number of aliphatic hydroxyl groups excluding tert-OH is 2. The summed E-state index contributed by atoms with van der Waals surface area (Å²) in [5.41, 5.74) is 0.937. The van der Waals surface area contributed by atoms with Gasteiger partial charge in [-0.25, -0.2) is 0 Å². The molecule has 0 heterocycles. The molecule has 2 unspecified atom stereocenters. The van der Waals surface area contributed by atoms with Crippen LogP contribution in [0.25, 0.3) is 0 Å². The molecule has 4 nitrogen and oxygen atoms in total. The van der Waals surface area contributed by atoms with Crippen LogP contribution in [0.1, 0.15) is 73.9 Å². The molecule has 0 aliphatic carbocycles. The van der Waals surface area contributed by atoms with Crippen LogP contribution in [0.2, 0.25) is 0 Å². The second kappa shape index (κ2) is 12.3. The minimum absolute atomic E-state index is 0.294. The quantitative estimate of drug-likeness (QED) is 0.373. The van der Waals surface area contributed by atoms with Crippen LogP contribution in [0.4, 0.5) is 0 Å². The summed E-state index contributed by atoms with van der Waals surface area (Å²) in [5, 5.41) is 20.4. The molecule has 152 valence electrons. The summed E-state index contributed by atoms with van der Waals surface area (Å²) < 4.78 is 5.79.